The number of nitrogens with zero attached hydrogens (tertiary/aromatic N) is 3. The molecule has 170 valence electrons. The first-order valence-electron chi connectivity index (χ1n) is 10.8. The summed E-state index contributed by atoms with van der Waals surface area (Å²) in [6.07, 6.45) is 0.729. The number of fused-ring (bicyclic) bond motifs is 1. The maximum Gasteiger partial charge on any atom is 0.329 e. The molecule has 0 fully saturated rings. The molecule has 1 aliphatic heterocycles. The normalized spacial score (nSPS) is 14.1. The number of halogens is 1. The SMILES string of the molecule is CNC(C)C(=O)Nc1ccc2c(n1)CN(CCc1ccccc1)C(=O)N2c1ccc(Cl)cc1. The molecule has 8 heteroatoms. The number of hydrogen-bond donors (Lipinski definition) is 2. The average molecular weight is 464 g/mol. The molecule has 2 aromatic carbocycles. The van der Waals surface area contributed by atoms with Crippen molar-refractivity contribution in [3.63, 3.8) is 0 Å². The van der Waals surface area contributed by atoms with Crippen molar-refractivity contribution in [2.45, 2.75) is 25.9 Å². The van der Waals surface area contributed by atoms with Gasteiger partial charge < -0.3 is 15.5 Å². The fraction of sp³-hybridized carbons (Fsp3) is 0.240. The van der Waals surface area contributed by atoms with Crippen LogP contribution in [0.3, 0.4) is 0 Å². The van der Waals surface area contributed by atoms with Gasteiger partial charge in [-0.2, -0.15) is 0 Å². The predicted molar refractivity (Wildman–Crippen MR) is 131 cm³/mol. The van der Waals surface area contributed by atoms with Crippen molar-refractivity contribution in [3.05, 3.63) is 83.0 Å². The number of carbonyl (C=O) groups excluding carboxylic acids is 2. The molecule has 33 heavy (non-hydrogen) atoms. The molecule has 0 radical (unpaired) electrons. The van der Waals surface area contributed by atoms with E-state index in [0.29, 0.717) is 41.0 Å². The van der Waals surface area contributed by atoms with Crippen molar-refractivity contribution in [2.75, 3.05) is 23.8 Å². The van der Waals surface area contributed by atoms with Crippen LogP contribution in [0.5, 0.6) is 0 Å². The van der Waals surface area contributed by atoms with Gasteiger partial charge in [-0.05, 0) is 62.4 Å². The third-order valence-electron chi connectivity index (χ3n) is 5.67. The van der Waals surface area contributed by atoms with Gasteiger partial charge in [0.15, 0.2) is 0 Å². The number of anilines is 3. The Hall–Kier alpha value is -3.42. The van der Waals surface area contributed by atoms with Gasteiger partial charge in [0.2, 0.25) is 5.91 Å². The molecule has 0 spiro atoms. The molecule has 1 atom stereocenters. The lowest BCUT2D eigenvalue weighted by atomic mass is 10.1. The van der Waals surface area contributed by atoms with Gasteiger partial charge in [0.05, 0.1) is 29.7 Å². The zero-order valence-corrected chi connectivity index (χ0v) is 19.3. The van der Waals surface area contributed by atoms with E-state index in [1.807, 2.05) is 48.5 Å². The molecule has 7 nitrogen and oxygen atoms in total. The van der Waals surface area contributed by atoms with Gasteiger partial charge in [-0.15, -0.1) is 0 Å². The number of pyridine rings is 1. The molecule has 3 aromatic rings. The lowest BCUT2D eigenvalue weighted by Crippen LogP contribution is -2.46. The van der Waals surface area contributed by atoms with Gasteiger partial charge in [-0.25, -0.2) is 9.78 Å². The van der Waals surface area contributed by atoms with E-state index in [-0.39, 0.29) is 18.0 Å². The van der Waals surface area contributed by atoms with Crippen LogP contribution in [-0.2, 0) is 17.8 Å². The fourth-order valence-electron chi connectivity index (χ4n) is 3.67. The van der Waals surface area contributed by atoms with Gasteiger partial charge in [0, 0.05) is 11.6 Å². The number of likely N-dealkylation sites (N-methyl/N-ethyl adjacent to an activating group) is 1. The number of amides is 3. The minimum atomic E-state index is -0.350. The summed E-state index contributed by atoms with van der Waals surface area (Å²) in [5, 5.41) is 6.35. The highest BCUT2D eigenvalue weighted by atomic mass is 35.5. The molecular weight excluding hydrogens is 438 g/mol. The van der Waals surface area contributed by atoms with E-state index in [0.717, 1.165) is 12.0 Å². The van der Waals surface area contributed by atoms with Crippen LogP contribution >= 0.6 is 11.6 Å². The van der Waals surface area contributed by atoms with Crippen LogP contribution in [0.25, 0.3) is 0 Å². The maximum atomic E-state index is 13.5. The zero-order valence-electron chi connectivity index (χ0n) is 18.6. The summed E-state index contributed by atoms with van der Waals surface area (Å²) in [6, 6.07) is 20.3. The lowest BCUT2D eigenvalue weighted by Gasteiger charge is -2.36. The van der Waals surface area contributed by atoms with Crippen LogP contribution in [-0.4, -0.2) is 41.5 Å². The minimum Gasteiger partial charge on any atom is -0.318 e. The third-order valence-corrected chi connectivity index (χ3v) is 5.92. The van der Waals surface area contributed by atoms with E-state index in [4.69, 9.17) is 11.6 Å². The average Bonchev–Trinajstić information content (AvgIpc) is 2.83. The molecule has 3 amide bonds. The molecule has 1 aromatic heterocycles. The molecule has 0 aliphatic carbocycles. The monoisotopic (exact) mass is 463 g/mol. The number of rotatable bonds is 7. The number of urea groups is 1. The molecule has 1 unspecified atom stereocenters. The van der Waals surface area contributed by atoms with Crippen molar-refractivity contribution in [2.24, 2.45) is 0 Å². The first kappa shape index (κ1) is 22.8. The van der Waals surface area contributed by atoms with Gasteiger partial charge in [-0.1, -0.05) is 41.9 Å². The Labute approximate surface area is 198 Å². The highest BCUT2D eigenvalue weighted by Crippen LogP contribution is 2.35. The summed E-state index contributed by atoms with van der Waals surface area (Å²) in [5.41, 5.74) is 3.27. The van der Waals surface area contributed by atoms with E-state index in [9.17, 15) is 9.59 Å². The number of carbonyl (C=O) groups is 2. The van der Waals surface area contributed by atoms with Gasteiger partial charge in [-0.3, -0.25) is 9.69 Å². The number of aromatic nitrogens is 1. The second-order valence-corrected chi connectivity index (χ2v) is 8.35. The number of hydrogen-bond acceptors (Lipinski definition) is 4. The zero-order chi connectivity index (χ0) is 23.4. The van der Waals surface area contributed by atoms with Crippen LogP contribution < -0.4 is 15.5 Å². The third kappa shape index (κ3) is 5.16. The van der Waals surface area contributed by atoms with E-state index in [1.54, 1.807) is 42.0 Å². The number of nitrogens with one attached hydrogen (secondary N) is 2. The lowest BCUT2D eigenvalue weighted by molar-refractivity contribution is -0.117. The summed E-state index contributed by atoms with van der Waals surface area (Å²) in [6.45, 7) is 2.68. The summed E-state index contributed by atoms with van der Waals surface area (Å²) in [5.74, 6) is 0.279. The van der Waals surface area contributed by atoms with E-state index >= 15 is 0 Å². The Bertz CT molecular complexity index is 1140. The summed E-state index contributed by atoms with van der Waals surface area (Å²) >= 11 is 6.07. The van der Waals surface area contributed by atoms with E-state index in [1.165, 1.54) is 0 Å². The van der Waals surface area contributed by atoms with E-state index < -0.39 is 0 Å². The number of benzene rings is 2. The summed E-state index contributed by atoms with van der Waals surface area (Å²) in [7, 11) is 1.73. The largest absolute Gasteiger partial charge is 0.329 e. The fourth-order valence-corrected chi connectivity index (χ4v) is 3.79. The standard InChI is InChI=1S/C25H26ClN5O2/c1-17(27-2)24(32)29-23-13-12-22-21(28-23)16-30(15-14-18-6-4-3-5-7-18)25(33)31(22)20-10-8-19(26)9-11-20/h3-13,17,27H,14-16H2,1-2H3,(H,28,29,32). The second-order valence-electron chi connectivity index (χ2n) is 7.91. The second kappa shape index (κ2) is 10.0. The van der Waals surface area contributed by atoms with Gasteiger partial charge in [0.1, 0.15) is 5.82 Å². The Kier molecular flexibility index (Phi) is 6.91. The molecular formula is C25H26ClN5O2. The Morgan fingerprint density at radius 3 is 2.52 bits per heavy atom. The Morgan fingerprint density at radius 2 is 1.82 bits per heavy atom. The molecule has 2 heterocycles. The molecule has 0 saturated carbocycles. The molecule has 4 rings (SSSR count). The van der Waals surface area contributed by atoms with Gasteiger partial charge in [0.25, 0.3) is 0 Å². The molecule has 0 bridgehead atoms. The van der Waals surface area contributed by atoms with Crippen molar-refractivity contribution >= 4 is 40.7 Å². The van der Waals surface area contributed by atoms with Crippen LogP contribution in [0.15, 0.2) is 66.7 Å². The minimum absolute atomic E-state index is 0.122. The van der Waals surface area contributed by atoms with Crippen molar-refractivity contribution in [3.8, 4) is 0 Å². The first-order valence-corrected chi connectivity index (χ1v) is 11.2. The topological polar surface area (TPSA) is 77.6 Å². The summed E-state index contributed by atoms with van der Waals surface area (Å²) in [4.78, 5) is 33.9. The quantitative estimate of drug-likeness (QED) is 0.537. The van der Waals surface area contributed by atoms with E-state index in [2.05, 4.69) is 15.6 Å². The highest BCUT2D eigenvalue weighted by molar-refractivity contribution is 6.30. The van der Waals surface area contributed by atoms with Crippen LogP contribution in [0.1, 0.15) is 18.2 Å². The predicted octanol–water partition coefficient (Wildman–Crippen LogP) is 4.60. The van der Waals surface area contributed by atoms with Crippen molar-refractivity contribution in [1.29, 1.82) is 0 Å². The molecule has 0 saturated heterocycles. The van der Waals surface area contributed by atoms with Crippen LogP contribution in [0.2, 0.25) is 5.02 Å². The molecule has 1 aliphatic rings. The molecule has 2 N–H and O–H groups in total. The Balaban J connectivity index is 1.65. The van der Waals surface area contributed by atoms with Crippen LogP contribution in [0.4, 0.5) is 22.0 Å². The highest BCUT2D eigenvalue weighted by Gasteiger charge is 2.32. The van der Waals surface area contributed by atoms with Crippen LogP contribution in [0, 0.1) is 0 Å². The van der Waals surface area contributed by atoms with Crippen molar-refractivity contribution in [1.82, 2.24) is 15.2 Å². The first-order chi connectivity index (χ1) is 16.0. The maximum absolute atomic E-state index is 13.5. The van der Waals surface area contributed by atoms with Gasteiger partial charge >= 0.3 is 6.03 Å². The Morgan fingerprint density at radius 1 is 1.09 bits per heavy atom. The summed E-state index contributed by atoms with van der Waals surface area (Å²) < 4.78 is 0. The smallest absolute Gasteiger partial charge is 0.318 e. The van der Waals surface area contributed by atoms with Crippen molar-refractivity contribution < 1.29 is 9.59 Å².